The molecular weight excluding hydrogens is 338 g/mol. The third kappa shape index (κ3) is 4.03. The molecule has 21 heavy (non-hydrogen) atoms. The number of amidine groups is 1. The lowest BCUT2D eigenvalue weighted by Gasteiger charge is -2.08. The molecule has 2 aromatic carbocycles. The Morgan fingerprint density at radius 3 is 2.76 bits per heavy atom. The molecule has 7 heteroatoms. The number of nitro groups is 1. The van der Waals surface area contributed by atoms with Crippen molar-refractivity contribution < 1.29 is 9.66 Å². The molecule has 3 N–H and O–H groups in total. The van der Waals surface area contributed by atoms with Gasteiger partial charge >= 0.3 is 0 Å². The normalized spacial score (nSPS) is 10.1. The molecule has 0 radical (unpaired) electrons. The minimum Gasteiger partial charge on any atom is -0.489 e. The maximum Gasteiger partial charge on any atom is 0.274 e. The zero-order chi connectivity index (χ0) is 15.4. The highest BCUT2D eigenvalue weighted by Gasteiger charge is 2.09. The van der Waals surface area contributed by atoms with Crippen LogP contribution in [-0.4, -0.2) is 10.8 Å². The largest absolute Gasteiger partial charge is 0.489 e. The van der Waals surface area contributed by atoms with Gasteiger partial charge < -0.3 is 10.5 Å². The maximum atomic E-state index is 10.8. The van der Waals surface area contributed by atoms with E-state index in [9.17, 15) is 10.1 Å². The van der Waals surface area contributed by atoms with Gasteiger partial charge in [-0.05, 0) is 17.7 Å². The molecule has 0 unspecified atom stereocenters. The zero-order valence-corrected chi connectivity index (χ0v) is 12.5. The molecule has 2 rings (SSSR count). The average Bonchev–Trinajstić information content (AvgIpc) is 2.45. The number of ether oxygens (including phenoxy) is 1. The van der Waals surface area contributed by atoms with Gasteiger partial charge in [-0.25, -0.2) is 0 Å². The molecule has 0 aliphatic rings. The number of nitrogen functional groups attached to an aromatic ring is 1. The number of nitrogens with zero attached hydrogens (tertiary/aromatic N) is 1. The molecular formula is C14H12BrN3O3. The summed E-state index contributed by atoms with van der Waals surface area (Å²) >= 11 is 3.21. The number of benzene rings is 2. The fourth-order valence-corrected chi connectivity index (χ4v) is 2.19. The first-order valence-corrected chi connectivity index (χ1v) is 6.76. The van der Waals surface area contributed by atoms with E-state index in [1.807, 2.05) is 6.07 Å². The second kappa shape index (κ2) is 6.36. The van der Waals surface area contributed by atoms with Gasteiger partial charge in [-0.3, -0.25) is 15.5 Å². The van der Waals surface area contributed by atoms with Crippen LogP contribution in [0, 0.1) is 15.5 Å². The number of nitrogens with one attached hydrogen (secondary N) is 1. The lowest BCUT2D eigenvalue weighted by Crippen LogP contribution is -2.11. The first kappa shape index (κ1) is 15.0. The first-order chi connectivity index (χ1) is 9.95. The molecule has 0 spiro atoms. The van der Waals surface area contributed by atoms with Gasteiger partial charge in [0.1, 0.15) is 18.2 Å². The highest BCUT2D eigenvalue weighted by atomic mass is 79.9. The predicted octanol–water partition coefficient (Wildman–Crippen LogP) is 3.22. The van der Waals surface area contributed by atoms with E-state index in [1.165, 1.54) is 12.1 Å². The van der Waals surface area contributed by atoms with Crippen LogP contribution < -0.4 is 10.5 Å². The third-order valence-corrected chi connectivity index (χ3v) is 3.17. The molecule has 0 bridgehead atoms. The smallest absolute Gasteiger partial charge is 0.274 e. The Hall–Kier alpha value is -2.41. The molecule has 108 valence electrons. The van der Waals surface area contributed by atoms with Crippen LogP contribution in [0.25, 0.3) is 0 Å². The maximum absolute atomic E-state index is 10.8. The van der Waals surface area contributed by atoms with Crippen LogP contribution in [0.4, 0.5) is 5.69 Å². The molecule has 0 amide bonds. The molecule has 0 saturated carbocycles. The van der Waals surface area contributed by atoms with E-state index in [-0.39, 0.29) is 18.1 Å². The summed E-state index contributed by atoms with van der Waals surface area (Å²) in [5.41, 5.74) is 6.81. The van der Waals surface area contributed by atoms with Crippen molar-refractivity contribution in [3.8, 4) is 5.75 Å². The monoisotopic (exact) mass is 349 g/mol. The molecule has 2 aromatic rings. The van der Waals surface area contributed by atoms with Crippen molar-refractivity contribution in [3.63, 3.8) is 0 Å². The van der Waals surface area contributed by atoms with E-state index in [2.05, 4.69) is 15.9 Å². The van der Waals surface area contributed by atoms with E-state index in [0.717, 1.165) is 5.56 Å². The molecule has 0 atom stereocenters. The van der Waals surface area contributed by atoms with E-state index in [4.69, 9.17) is 15.9 Å². The Morgan fingerprint density at radius 2 is 2.10 bits per heavy atom. The van der Waals surface area contributed by atoms with Gasteiger partial charge in [0.05, 0.1) is 11.0 Å². The molecule has 0 aliphatic carbocycles. The summed E-state index contributed by atoms with van der Waals surface area (Å²) in [7, 11) is 0. The fraction of sp³-hybridized carbons (Fsp3) is 0.0714. The molecule has 0 aliphatic heterocycles. The van der Waals surface area contributed by atoms with E-state index >= 15 is 0 Å². The Morgan fingerprint density at radius 1 is 1.33 bits per heavy atom. The summed E-state index contributed by atoms with van der Waals surface area (Å²) in [5.74, 6) is 0.374. The van der Waals surface area contributed by atoms with Crippen molar-refractivity contribution in [1.82, 2.24) is 0 Å². The zero-order valence-electron chi connectivity index (χ0n) is 10.9. The van der Waals surface area contributed by atoms with Gasteiger partial charge in [0.2, 0.25) is 0 Å². The molecule has 0 fully saturated rings. The van der Waals surface area contributed by atoms with Gasteiger partial charge in [-0.15, -0.1) is 0 Å². The van der Waals surface area contributed by atoms with E-state index in [0.29, 0.717) is 15.8 Å². The summed E-state index contributed by atoms with van der Waals surface area (Å²) < 4.78 is 6.13. The van der Waals surface area contributed by atoms with Gasteiger partial charge in [0, 0.05) is 16.1 Å². The minimum absolute atomic E-state index is 0.0186. The summed E-state index contributed by atoms with van der Waals surface area (Å²) in [4.78, 5) is 10.3. The van der Waals surface area contributed by atoms with Crippen LogP contribution in [0.1, 0.15) is 11.1 Å². The Kier molecular flexibility index (Phi) is 4.54. The Balaban J connectivity index is 2.14. The SMILES string of the molecule is N=C(N)c1cccc(COc2cc(Br)cc([N+](=O)[O-])c2)c1. The predicted molar refractivity (Wildman–Crippen MR) is 82.6 cm³/mol. The van der Waals surface area contributed by atoms with Crippen LogP contribution >= 0.6 is 15.9 Å². The molecule has 0 aromatic heterocycles. The van der Waals surface area contributed by atoms with Crippen LogP contribution in [-0.2, 0) is 6.61 Å². The number of non-ortho nitro benzene ring substituents is 1. The van der Waals surface area contributed by atoms with Crippen LogP contribution in [0.3, 0.4) is 0 Å². The lowest BCUT2D eigenvalue weighted by atomic mass is 10.1. The van der Waals surface area contributed by atoms with Crippen molar-refractivity contribution in [1.29, 1.82) is 5.41 Å². The quantitative estimate of drug-likeness (QED) is 0.374. The van der Waals surface area contributed by atoms with Crippen molar-refractivity contribution in [2.45, 2.75) is 6.61 Å². The van der Waals surface area contributed by atoms with Crippen molar-refractivity contribution in [2.75, 3.05) is 0 Å². The number of rotatable bonds is 5. The number of nitro benzene ring substituents is 1. The topological polar surface area (TPSA) is 102 Å². The van der Waals surface area contributed by atoms with Crippen LogP contribution in [0.2, 0.25) is 0 Å². The van der Waals surface area contributed by atoms with Gasteiger partial charge in [0.25, 0.3) is 5.69 Å². The number of halogens is 1. The molecule has 6 nitrogen and oxygen atoms in total. The summed E-state index contributed by atoms with van der Waals surface area (Å²) in [5, 5.41) is 18.2. The fourth-order valence-electron chi connectivity index (χ4n) is 1.73. The first-order valence-electron chi connectivity index (χ1n) is 5.97. The van der Waals surface area contributed by atoms with Gasteiger partial charge in [-0.1, -0.05) is 34.1 Å². The second-order valence-electron chi connectivity index (χ2n) is 4.30. The Bertz CT molecular complexity index is 704. The van der Waals surface area contributed by atoms with Crippen molar-refractivity contribution in [3.05, 3.63) is 68.2 Å². The minimum atomic E-state index is -0.478. The lowest BCUT2D eigenvalue weighted by molar-refractivity contribution is -0.385. The highest BCUT2D eigenvalue weighted by Crippen LogP contribution is 2.26. The van der Waals surface area contributed by atoms with Gasteiger partial charge in [0.15, 0.2) is 0 Å². The van der Waals surface area contributed by atoms with Crippen molar-refractivity contribution in [2.24, 2.45) is 5.73 Å². The molecule has 0 heterocycles. The summed E-state index contributed by atoms with van der Waals surface area (Å²) in [6.07, 6.45) is 0. The van der Waals surface area contributed by atoms with Crippen LogP contribution in [0.5, 0.6) is 5.75 Å². The number of hydrogen-bond donors (Lipinski definition) is 2. The standard InChI is InChI=1S/C14H12BrN3O3/c15-11-5-12(18(19)20)7-13(6-11)21-8-9-2-1-3-10(4-9)14(16)17/h1-7H,8H2,(H3,16,17). The van der Waals surface area contributed by atoms with Crippen LogP contribution in [0.15, 0.2) is 46.9 Å². The second-order valence-corrected chi connectivity index (χ2v) is 5.22. The third-order valence-electron chi connectivity index (χ3n) is 2.71. The number of hydrogen-bond acceptors (Lipinski definition) is 4. The summed E-state index contributed by atoms with van der Waals surface area (Å²) in [6, 6.07) is 11.5. The Labute approximate surface area is 129 Å². The number of nitrogens with two attached hydrogens (primary N) is 1. The van der Waals surface area contributed by atoms with Crippen molar-refractivity contribution >= 4 is 27.5 Å². The molecule has 0 saturated heterocycles. The van der Waals surface area contributed by atoms with E-state index < -0.39 is 4.92 Å². The summed E-state index contributed by atoms with van der Waals surface area (Å²) in [6.45, 7) is 0.231. The average molecular weight is 350 g/mol. The highest BCUT2D eigenvalue weighted by molar-refractivity contribution is 9.10. The van der Waals surface area contributed by atoms with E-state index in [1.54, 1.807) is 24.3 Å². The van der Waals surface area contributed by atoms with Gasteiger partial charge in [-0.2, -0.15) is 0 Å².